The van der Waals surface area contributed by atoms with Crippen molar-refractivity contribution < 1.29 is 4.74 Å². The van der Waals surface area contributed by atoms with Gasteiger partial charge < -0.3 is 15.8 Å². The molecule has 0 aliphatic carbocycles. The van der Waals surface area contributed by atoms with E-state index in [4.69, 9.17) is 10.5 Å². The summed E-state index contributed by atoms with van der Waals surface area (Å²) in [4.78, 5) is 0. The average Bonchev–Trinajstić information content (AvgIpc) is 2.36. The SMILES string of the molecule is COc1ccc(N)c(Nc2cc(Br)ccc2C)c1. The van der Waals surface area contributed by atoms with Crippen LogP contribution in [0.4, 0.5) is 17.1 Å². The monoisotopic (exact) mass is 306 g/mol. The summed E-state index contributed by atoms with van der Waals surface area (Å²) in [5.74, 6) is 0.777. The number of halogens is 1. The Morgan fingerprint density at radius 3 is 2.61 bits per heavy atom. The fraction of sp³-hybridized carbons (Fsp3) is 0.143. The first-order valence-corrected chi connectivity index (χ1v) is 6.36. The lowest BCUT2D eigenvalue weighted by atomic mass is 10.2. The van der Waals surface area contributed by atoms with Gasteiger partial charge >= 0.3 is 0 Å². The number of rotatable bonds is 3. The van der Waals surface area contributed by atoms with E-state index in [0.29, 0.717) is 5.69 Å². The molecule has 3 N–H and O–H groups in total. The third kappa shape index (κ3) is 2.76. The number of ether oxygens (including phenoxy) is 1. The zero-order valence-electron chi connectivity index (χ0n) is 10.3. The van der Waals surface area contributed by atoms with E-state index >= 15 is 0 Å². The molecule has 0 saturated carbocycles. The first kappa shape index (κ1) is 12.8. The van der Waals surface area contributed by atoms with Crippen molar-refractivity contribution in [3.63, 3.8) is 0 Å². The van der Waals surface area contributed by atoms with E-state index < -0.39 is 0 Å². The number of benzene rings is 2. The van der Waals surface area contributed by atoms with E-state index in [1.54, 1.807) is 7.11 Å². The van der Waals surface area contributed by atoms with Crippen LogP contribution in [0.25, 0.3) is 0 Å². The van der Waals surface area contributed by atoms with Gasteiger partial charge in [-0.25, -0.2) is 0 Å². The van der Waals surface area contributed by atoms with Crippen molar-refractivity contribution >= 4 is 33.0 Å². The lowest BCUT2D eigenvalue weighted by Crippen LogP contribution is -1.98. The van der Waals surface area contributed by atoms with Gasteiger partial charge in [0, 0.05) is 16.2 Å². The van der Waals surface area contributed by atoms with Crippen LogP contribution in [0.3, 0.4) is 0 Å². The molecule has 0 amide bonds. The second-order valence-electron chi connectivity index (χ2n) is 4.04. The molecule has 0 heterocycles. The molecule has 0 aliphatic heterocycles. The summed E-state index contributed by atoms with van der Waals surface area (Å²) in [7, 11) is 1.64. The molecule has 94 valence electrons. The summed E-state index contributed by atoms with van der Waals surface area (Å²) in [5, 5.41) is 3.32. The second kappa shape index (κ2) is 5.31. The molecule has 0 saturated heterocycles. The minimum Gasteiger partial charge on any atom is -0.497 e. The van der Waals surface area contributed by atoms with Gasteiger partial charge in [0.2, 0.25) is 0 Å². The lowest BCUT2D eigenvalue weighted by Gasteiger charge is -2.13. The predicted octanol–water partition coefficient (Wildman–Crippen LogP) is 4.09. The van der Waals surface area contributed by atoms with Crippen LogP contribution in [-0.4, -0.2) is 7.11 Å². The van der Waals surface area contributed by atoms with Crippen molar-refractivity contribution in [3.8, 4) is 5.75 Å². The van der Waals surface area contributed by atoms with Crippen molar-refractivity contribution in [3.05, 3.63) is 46.4 Å². The first-order valence-electron chi connectivity index (χ1n) is 5.57. The van der Waals surface area contributed by atoms with Gasteiger partial charge in [-0.15, -0.1) is 0 Å². The summed E-state index contributed by atoms with van der Waals surface area (Å²) in [6.45, 7) is 2.05. The Kier molecular flexibility index (Phi) is 3.77. The zero-order chi connectivity index (χ0) is 13.1. The fourth-order valence-electron chi connectivity index (χ4n) is 1.64. The number of nitrogen functional groups attached to an aromatic ring is 1. The van der Waals surface area contributed by atoms with Crippen LogP contribution in [0.2, 0.25) is 0 Å². The molecule has 2 aromatic rings. The predicted molar refractivity (Wildman–Crippen MR) is 79.6 cm³/mol. The van der Waals surface area contributed by atoms with Gasteiger partial charge in [-0.2, -0.15) is 0 Å². The summed E-state index contributed by atoms with van der Waals surface area (Å²) in [6.07, 6.45) is 0. The molecule has 2 aromatic carbocycles. The van der Waals surface area contributed by atoms with Gasteiger partial charge in [0.15, 0.2) is 0 Å². The molecule has 0 unspecified atom stereocenters. The van der Waals surface area contributed by atoms with Gasteiger partial charge in [-0.05, 0) is 36.8 Å². The summed E-state index contributed by atoms with van der Waals surface area (Å²) >= 11 is 3.46. The van der Waals surface area contributed by atoms with E-state index in [1.807, 2.05) is 43.3 Å². The van der Waals surface area contributed by atoms with Crippen LogP contribution >= 0.6 is 15.9 Å². The minimum atomic E-state index is 0.690. The molecule has 0 aromatic heterocycles. The fourth-order valence-corrected chi connectivity index (χ4v) is 2.01. The van der Waals surface area contributed by atoms with Crippen molar-refractivity contribution in [1.82, 2.24) is 0 Å². The summed E-state index contributed by atoms with van der Waals surface area (Å²) < 4.78 is 6.22. The van der Waals surface area contributed by atoms with Crippen LogP contribution < -0.4 is 15.8 Å². The Morgan fingerprint density at radius 1 is 1.11 bits per heavy atom. The molecule has 4 heteroatoms. The Balaban J connectivity index is 2.36. The number of nitrogens with two attached hydrogens (primary N) is 1. The highest BCUT2D eigenvalue weighted by molar-refractivity contribution is 9.10. The van der Waals surface area contributed by atoms with Crippen LogP contribution in [0.5, 0.6) is 5.75 Å². The van der Waals surface area contributed by atoms with Crippen molar-refractivity contribution in [2.75, 3.05) is 18.2 Å². The maximum Gasteiger partial charge on any atom is 0.121 e. The van der Waals surface area contributed by atoms with Gasteiger partial charge in [0.25, 0.3) is 0 Å². The Morgan fingerprint density at radius 2 is 1.89 bits per heavy atom. The lowest BCUT2D eigenvalue weighted by molar-refractivity contribution is 0.415. The maximum atomic E-state index is 5.95. The molecular weight excluding hydrogens is 292 g/mol. The molecule has 0 aliphatic rings. The highest BCUT2D eigenvalue weighted by Crippen LogP contribution is 2.30. The molecule has 0 atom stereocenters. The van der Waals surface area contributed by atoms with E-state index in [-0.39, 0.29) is 0 Å². The van der Waals surface area contributed by atoms with Crippen LogP contribution in [0.15, 0.2) is 40.9 Å². The number of methoxy groups -OCH3 is 1. The average molecular weight is 307 g/mol. The first-order chi connectivity index (χ1) is 8.60. The highest BCUT2D eigenvalue weighted by Gasteiger charge is 2.04. The van der Waals surface area contributed by atoms with Gasteiger partial charge in [0.1, 0.15) is 5.75 Å². The van der Waals surface area contributed by atoms with Crippen molar-refractivity contribution in [1.29, 1.82) is 0 Å². The molecule has 2 rings (SSSR count). The van der Waals surface area contributed by atoms with Gasteiger partial charge in [0.05, 0.1) is 18.5 Å². The Hall–Kier alpha value is -1.68. The maximum absolute atomic E-state index is 5.95. The summed E-state index contributed by atoms with van der Waals surface area (Å²) in [5.41, 5.74) is 9.65. The van der Waals surface area contributed by atoms with Crippen molar-refractivity contribution in [2.24, 2.45) is 0 Å². The number of aryl methyl sites for hydroxylation is 1. The van der Waals surface area contributed by atoms with E-state index in [1.165, 1.54) is 0 Å². The largest absolute Gasteiger partial charge is 0.497 e. The van der Waals surface area contributed by atoms with Gasteiger partial charge in [-0.1, -0.05) is 22.0 Å². The highest BCUT2D eigenvalue weighted by atomic mass is 79.9. The number of anilines is 3. The van der Waals surface area contributed by atoms with Crippen LogP contribution in [0, 0.1) is 6.92 Å². The molecule has 18 heavy (non-hydrogen) atoms. The third-order valence-electron chi connectivity index (χ3n) is 2.73. The summed E-state index contributed by atoms with van der Waals surface area (Å²) in [6, 6.07) is 11.6. The Labute approximate surface area is 115 Å². The molecule has 0 radical (unpaired) electrons. The number of hydrogen-bond donors (Lipinski definition) is 2. The molecule has 0 fully saturated rings. The zero-order valence-corrected chi connectivity index (χ0v) is 11.9. The van der Waals surface area contributed by atoms with Crippen LogP contribution in [0.1, 0.15) is 5.56 Å². The second-order valence-corrected chi connectivity index (χ2v) is 4.95. The van der Waals surface area contributed by atoms with E-state index in [2.05, 4.69) is 21.2 Å². The Bertz CT molecular complexity index is 570. The molecular formula is C14H15BrN2O. The third-order valence-corrected chi connectivity index (χ3v) is 3.22. The molecule has 0 bridgehead atoms. The standard InChI is InChI=1S/C14H15BrN2O/c1-9-3-4-10(15)7-13(9)17-14-8-11(18-2)5-6-12(14)16/h3-8,17H,16H2,1-2H3. The molecule has 0 spiro atoms. The van der Waals surface area contributed by atoms with E-state index in [0.717, 1.165) is 27.2 Å². The van der Waals surface area contributed by atoms with E-state index in [9.17, 15) is 0 Å². The number of hydrogen-bond acceptors (Lipinski definition) is 3. The van der Waals surface area contributed by atoms with Crippen molar-refractivity contribution in [2.45, 2.75) is 6.92 Å². The topological polar surface area (TPSA) is 47.3 Å². The molecule has 3 nitrogen and oxygen atoms in total. The van der Waals surface area contributed by atoms with Gasteiger partial charge in [-0.3, -0.25) is 0 Å². The smallest absolute Gasteiger partial charge is 0.121 e. The number of nitrogens with one attached hydrogen (secondary N) is 1. The quantitative estimate of drug-likeness (QED) is 0.840. The normalized spacial score (nSPS) is 10.2. The minimum absolute atomic E-state index is 0.690. The van der Waals surface area contributed by atoms with Crippen LogP contribution in [-0.2, 0) is 0 Å².